The first kappa shape index (κ1) is 15.1. The lowest BCUT2D eigenvalue weighted by Gasteiger charge is -2.16. The highest BCUT2D eigenvalue weighted by molar-refractivity contribution is 9.10. The van der Waals surface area contributed by atoms with E-state index in [2.05, 4.69) is 20.9 Å². The highest BCUT2D eigenvalue weighted by Crippen LogP contribution is 2.26. The Hall–Kier alpha value is -1.33. The van der Waals surface area contributed by atoms with Gasteiger partial charge in [0.1, 0.15) is 11.6 Å². The van der Waals surface area contributed by atoms with Crippen LogP contribution in [0.15, 0.2) is 35.1 Å². The third kappa shape index (κ3) is 3.04. The average molecular weight is 341 g/mol. The van der Waals surface area contributed by atoms with Crippen molar-refractivity contribution >= 4 is 15.9 Å². The van der Waals surface area contributed by atoms with Gasteiger partial charge in [-0.1, -0.05) is 6.92 Å². The van der Waals surface area contributed by atoms with Gasteiger partial charge in [-0.05, 0) is 58.1 Å². The van der Waals surface area contributed by atoms with Crippen LogP contribution < -0.4 is 5.73 Å². The number of benzene rings is 1. The summed E-state index contributed by atoms with van der Waals surface area (Å²) < 4.78 is 28.0. The predicted octanol–water partition coefficient (Wildman–Crippen LogP) is 3.93. The maximum Gasteiger partial charge on any atom is 0.143 e. The van der Waals surface area contributed by atoms with Crippen molar-refractivity contribution in [2.24, 2.45) is 5.73 Å². The summed E-state index contributed by atoms with van der Waals surface area (Å²) in [6, 6.07) is 3.93. The summed E-state index contributed by atoms with van der Waals surface area (Å²) in [6.45, 7) is 1.99. The highest BCUT2D eigenvalue weighted by Gasteiger charge is 2.18. The third-order valence-electron chi connectivity index (χ3n) is 3.28. The fourth-order valence-corrected chi connectivity index (χ4v) is 2.55. The van der Waals surface area contributed by atoms with Crippen LogP contribution in [-0.2, 0) is 12.8 Å². The van der Waals surface area contributed by atoms with Crippen LogP contribution in [0.3, 0.4) is 0 Å². The Bertz CT molecular complexity index is 617. The summed E-state index contributed by atoms with van der Waals surface area (Å²) >= 11 is 3.06. The number of halogens is 3. The molecule has 0 spiro atoms. The topological polar surface area (TPSA) is 38.9 Å². The first-order valence-electron chi connectivity index (χ1n) is 6.35. The number of pyridine rings is 1. The molecule has 0 aliphatic heterocycles. The predicted molar refractivity (Wildman–Crippen MR) is 78.3 cm³/mol. The molecule has 0 saturated carbocycles. The number of nitrogens with zero attached hydrogens (tertiary/aromatic N) is 1. The molecule has 0 saturated heterocycles. The minimum absolute atomic E-state index is 0.00532. The molecule has 1 heterocycles. The fraction of sp³-hybridized carbons (Fsp3) is 0.267. The molecule has 5 heteroatoms. The Morgan fingerprint density at radius 2 is 2.05 bits per heavy atom. The molecule has 0 bridgehead atoms. The van der Waals surface area contributed by atoms with E-state index in [1.807, 2.05) is 6.92 Å². The second kappa shape index (κ2) is 6.41. The zero-order valence-corrected chi connectivity index (χ0v) is 12.6. The van der Waals surface area contributed by atoms with Crippen molar-refractivity contribution in [1.82, 2.24) is 4.98 Å². The second-order valence-electron chi connectivity index (χ2n) is 4.56. The molecule has 2 nitrogen and oxygen atoms in total. The van der Waals surface area contributed by atoms with Crippen molar-refractivity contribution in [3.8, 4) is 0 Å². The summed E-state index contributed by atoms with van der Waals surface area (Å²) in [7, 11) is 0. The Morgan fingerprint density at radius 1 is 1.30 bits per heavy atom. The molecule has 2 aromatic rings. The van der Waals surface area contributed by atoms with Crippen LogP contribution in [0.1, 0.15) is 29.7 Å². The molecule has 0 fully saturated rings. The Labute approximate surface area is 125 Å². The highest BCUT2D eigenvalue weighted by atomic mass is 79.9. The fourth-order valence-electron chi connectivity index (χ4n) is 2.18. The summed E-state index contributed by atoms with van der Waals surface area (Å²) in [6.07, 6.45) is 4.26. The van der Waals surface area contributed by atoms with E-state index < -0.39 is 17.7 Å². The molecule has 0 aliphatic carbocycles. The normalized spacial score (nSPS) is 12.4. The average Bonchev–Trinajstić information content (AvgIpc) is 2.47. The van der Waals surface area contributed by atoms with Gasteiger partial charge >= 0.3 is 0 Å². The van der Waals surface area contributed by atoms with Crippen LogP contribution in [0.2, 0.25) is 0 Å². The number of aryl methyl sites for hydroxylation is 1. The maximum absolute atomic E-state index is 14.0. The Morgan fingerprint density at radius 3 is 2.75 bits per heavy atom. The third-order valence-corrected chi connectivity index (χ3v) is 3.90. The Balaban J connectivity index is 2.33. The molecule has 0 amide bonds. The number of nitrogens with two attached hydrogens (primary N) is 1. The number of aromatic nitrogens is 1. The van der Waals surface area contributed by atoms with Gasteiger partial charge < -0.3 is 5.73 Å². The monoisotopic (exact) mass is 340 g/mol. The standard InChI is InChI=1S/C15H15BrF2N2/c1-2-9-8-20-6-5-10(9)14(19)7-11-13(17)4-3-12(16)15(11)18/h3-6,8,14H,2,7,19H2,1H3. The van der Waals surface area contributed by atoms with E-state index >= 15 is 0 Å². The van der Waals surface area contributed by atoms with Gasteiger partial charge in [0.15, 0.2) is 0 Å². The number of hydrogen-bond acceptors (Lipinski definition) is 2. The molecule has 0 radical (unpaired) electrons. The second-order valence-corrected chi connectivity index (χ2v) is 5.41. The molecule has 106 valence electrons. The minimum Gasteiger partial charge on any atom is -0.324 e. The molecule has 1 aromatic heterocycles. The largest absolute Gasteiger partial charge is 0.324 e. The van der Waals surface area contributed by atoms with Gasteiger partial charge in [-0.3, -0.25) is 4.98 Å². The van der Waals surface area contributed by atoms with Crippen LogP contribution in [0.25, 0.3) is 0 Å². The SMILES string of the molecule is CCc1cnccc1C(N)Cc1c(F)ccc(Br)c1F. The zero-order chi connectivity index (χ0) is 14.7. The summed E-state index contributed by atoms with van der Waals surface area (Å²) in [5, 5.41) is 0. The van der Waals surface area contributed by atoms with Crippen molar-refractivity contribution < 1.29 is 8.78 Å². The molecule has 1 unspecified atom stereocenters. The van der Waals surface area contributed by atoms with E-state index in [0.717, 1.165) is 17.5 Å². The first-order chi connectivity index (χ1) is 9.54. The van der Waals surface area contributed by atoms with E-state index in [-0.39, 0.29) is 16.5 Å². The number of rotatable bonds is 4. The zero-order valence-electron chi connectivity index (χ0n) is 11.0. The maximum atomic E-state index is 14.0. The number of hydrogen-bond donors (Lipinski definition) is 1. The van der Waals surface area contributed by atoms with Gasteiger partial charge in [-0.2, -0.15) is 0 Å². The van der Waals surface area contributed by atoms with E-state index in [4.69, 9.17) is 5.73 Å². The minimum atomic E-state index is -0.590. The molecule has 2 N–H and O–H groups in total. The lowest BCUT2D eigenvalue weighted by Crippen LogP contribution is -2.17. The quantitative estimate of drug-likeness (QED) is 0.856. The van der Waals surface area contributed by atoms with E-state index in [0.29, 0.717) is 0 Å². The van der Waals surface area contributed by atoms with Crippen molar-refractivity contribution in [2.45, 2.75) is 25.8 Å². The van der Waals surface area contributed by atoms with E-state index in [9.17, 15) is 8.78 Å². The van der Waals surface area contributed by atoms with E-state index in [1.54, 1.807) is 18.5 Å². The summed E-state index contributed by atoms with van der Waals surface area (Å²) in [4.78, 5) is 4.04. The van der Waals surface area contributed by atoms with Crippen molar-refractivity contribution in [1.29, 1.82) is 0 Å². The van der Waals surface area contributed by atoms with Crippen LogP contribution in [0, 0.1) is 11.6 Å². The van der Waals surface area contributed by atoms with Crippen molar-refractivity contribution in [2.75, 3.05) is 0 Å². The lowest BCUT2D eigenvalue weighted by molar-refractivity contribution is 0.535. The van der Waals surface area contributed by atoms with Gasteiger partial charge in [0.05, 0.1) is 4.47 Å². The summed E-state index contributed by atoms with van der Waals surface area (Å²) in [5.74, 6) is -1.17. The lowest BCUT2D eigenvalue weighted by atomic mass is 9.95. The molecular weight excluding hydrogens is 326 g/mol. The molecule has 1 aromatic carbocycles. The van der Waals surface area contributed by atoms with Crippen molar-refractivity contribution in [3.63, 3.8) is 0 Å². The van der Waals surface area contributed by atoms with Gasteiger partial charge in [0, 0.05) is 24.0 Å². The molecule has 0 aliphatic rings. The van der Waals surface area contributed by atoms with Crippen LogP contribution in [-0.4, -0.2) is 4.98 Å². The summed E-state index contributed by atoms with van der Waals surface area (Å²) in [5.41, 5.74) is 7.99. The molecule has 20 heavy (non-hydrogen) atoms. The van der Waals surface area contributed by atoms with E-state index in [1.165, 1.54) is 12.1 Å². The Kier molecular flexibility index (Phi) is 4.83. The van der Waals surface area contributed by atoms with Crippen LogP contribution in [0.5, 0.6) is 0 Å². The van der Waals surface area contributed by atoms with Gasteiger partial charge in [-0.15, -0.1) is 0 Å². The van der Waals surface area contributed by atoms with Gasteiger partial charge in [0.25, 0.3) is 0 Å². The molecular formula is C15H15BrF2N2. The first-order valence-corrected chi connectivity index (χ1v) is 7.14. The van der Waals surface area contributed by atoms with Crippen LogP contribution >= 0.6 is 15.9 Å². The molecule has 1 atom stereocenters. The molecule has 2 rings (SSSR count). The van der Waals surface area contributed by atoms with Gasteiger partial charge in [0.2, 0.25) is 0 Å². The van der Waals surface area contributed by atoms with Gasteiger partial charge in [-0.25, -0.2) is 8.78 Å². The van der Waals surface area contributed by atoms with Crippen molar-refractivity contribution in [3.05, 3.63) is 63.4 Å². The smallest absolute Gasteiger partial charge is 0.143 e. The van der Waals surface area contributed by atoms with Crippen LogP contribution in [0.4, 0.5) is 8.78 Å².